The van der Waals surface area contributed by atoms with Crippen LogP contribution in [-0.4, -0.2) is 12.6 Å². The smallest absolute Gasteiger partial charge is 0.231 e. The Bertz CT molecular complexity index is 662. The van der Waals surface area contributed by atoms with Crippen molar-refractivity contribution in [1.82, 2.24) is 0 Å². The second-order valence-corrected chi connectivity index (χ2v) is 5.51. The first-order chi connectivity index (χ1) is 10.8. The van der Waals surface area contributed by atoms with E-state index in [0.717, 1.165) is 36.3 Å². The van der Waals surface area contributed by atoms with E-state index in [2.05, 4.69) is 13.0 Å². The van der Waals surface area contributed by atoms with E-state index in [-0.39, 0.29) is 12.6 Å². The molecule has 3 heteroatoms. The summed E-state index contributed by atoms with van der Waals surface area (Å²) in [5.74, 6) is 1.80. The van der Waals surface area contributed by atoms with Crippen molar-refractivity contribution in [2.45, 2.75) is 32.6 Å². The highest BCUT2D eigenvalue weighted by Crippen LogP contribution is 2.35. The van der Waals surface area contributed by atoms with E-state index in [0.29, 0.717) is 6.42 Å². The summed E-state index contributed by atoms with van der Waals surface area (Å²) in [5.41, 5.74) is 3.23. The van der Waals surface area contributed by atoms with Crippen molar-refractivity contribution in [2.75, 3.05) is 6.79 Å². The van der Waals surface area contributed by atoms with Crippen LogP contribution in [0.2, 0.25) is 0 Å². The number of benzene rings is 2. The SMILES string of the molecule is CCCc1cc2c(cc1CCC(=O)c1ccccc1)OCO2. The Balaban J connectivity index is 1.75. The van der Waals surface area contributed by atoms with Crippen LogP contribution in [0.25, 0.3) is 0 Å². The van der Waals surface area contributed by atoms with Crippen LogP contribution in [-0.2, 0) is 12.8 Å². The van der Waals surface area contributed by atoms with Crippen molar-refractivity contribution in [2.24, 2.45) is 0 Å². The summed E-state index contributed by atoms with van der Waals surface area (Å²) in [6.45, 7) is 2.44. The van der Waals surface area contributed by atoms with Crippen LogP contribution in [0.3, 0.4) is 0 Å². The standard InChI is InChI=1S/C19H20O3/c1-2-6-15-11-18-19(22-13-21-18)12-16(15)9-10-17(20)14-7-4-3-5-8-14/h3-5,7-8,11-12H,2,6,9-10,13H2,1H3. The van der Waals surface area contributed by atoms with Gasteiger partial charge in [0, 0.05) is 12.0 Å². The zero-order valence-corrected chi connectivity index (χ0v) is 12.8. The van der Waals surface area contributed by atoms with E-state index >= 15 is 0 Å². The summed E-state index contributed by atoms with van der Waals surface area (Å²) in [5, 5.41) is 0. The fraction of sp³-hybridized carbons (Fsp3) is 0.316. The molecule has 114 valence electrons. The highest BCUT2D eigenvalue weighted by molar-refractivity contribution is 5.96. The fourth-order valence-corrected chi connectivity index (χ4v) is 2.78. The second-order valence-electron chi connectivity index (χ2n) is 5.51. The Hall–Kier alpha value is -2.29. The van der Waals surface area contributed by atoms with Crippen LogP contribution in [0.15, 0.2) is 42.5 Å². The molecular formula is C19H20O3. The van der Waals surface area contributed by atoms with Crippen LogP contribution in [0.1, 0.15) is 41.3 Å². The molecule has 1 heterocycles. The first kappa shape index (κ1) is 14.6. The Labute approximate surface area is 130 Å². The van der Waals surface area contributed by atoms with Gasteiger partial charge in [-0.1, -0.05) is 43.7 Å². The zero-order valence-electron chi connectivity index (χ0n) is 12.8. The maximum Gasteiger partial charge on any atom is 0.231 e. The quantitative estimate of drug-likeness (QED) is 0.750. The van der Waals surface area contributed by atoms with Gasteiger partial charge in [-0.3, -0.25) is 4.79 Å². The van der Waals surface area contributed by atoms with Gasteiger partial charge in [-0.2, -0.15) is 0 Å². The minimum absolute atomic E-state index is 0.181. The maximum absolute atomic E-state index is 12.3. The number of rotatable bonds is 6. The number of carbonyl (C=O) groups excluding carboxylic acids is 1. The summed E-state index contributed by atoms with van der Waals surface area (Å²) in [4.78, 5) is 12.3. The van der Waals surface area contributed by atoms with Gasteiger partial charge >= 0.3 is 0 Å². The molecule has 1 aliphatic heterocycles. The molecule has 0 radical (unpaired) electrons. The van der Waals surface area contributed by atoms with Crippen molar-refractivity contribution < 1.29 is 14.3 Å². The van der Waals surface area contributed by atoms with Gasteiger partial charge in [0.2, 0.25) is 6.79 Å². The Morgan fingerprint density at radius 3 is 2.27 bits per heavy atom. The van der Waals surface area contributed by atoms with Gasteiger partial charge in [-0.05, 0) is 36.1 Å². The number of carbonyl (C=O) groups is 1. The van der Waals surface area contributed by atoms with Gasteiger partial charge in [0.1, 0.15) is 0 Å². The first-order valence-electron chi connectivity index (χ1n) is 7.77. The topological polar surface area (TPSA) is 35.5 Å². The summed E-state index contributed by atoms with van der Waals surface area (Å²) in [7, 11) is 0. The molecule has 0 fully saturated rings. The molecule has 0 aliphatic carbocycles. The number of hydrogen-bond acceptors (Lipinski definition) is 3. The average molecular weight is 296 g/mol. The van der Waals surface area contributed by atoms with Crippen LogP contribution in [0.5, 0.6) is 11.5 Å². The minimum Gasteiger partial charge on any atom is -0.454 e. The number of ketones is 1. The van der Waals surface area contributed by atoms with Crippen molar-refractivity contribution in [3.63, 3.8) is 0 Å². The normalized spacial score (nSPS) is 12.4. The first-order valence-corrected chi connectivity index (χ1v) is 7.77. The number of aryl methyl sites for hydroxylation is 2. The third-order valence-electron chi connectivity index (χ3n) is 3.93. The van der Waals surface area contributed by atoms with E-state index in [4.69, 9.17) is 9.47 Å². The summed E-state index contributed by atoms with van der Waals surface area (Å²) >= 11 is 0. The minimum atomic E-state index is 0.181. The molecule has 3 rings (SSSR count). The number of hydrogen-bond donors (Lipinski definition) is 0. The number of fused-ring (bicyclic) bond motifs is 1. The molecule has 0 saturated heterocycles. The van der Waals surface area contributed by atoms with Crippen LogP contribution >= 0.6 is 0 Å². The highest BCUT2D eigenvalue weighted by Gasteiger charge is 2.17. The maximum atomic E-state index is 12.3. The summed E-state index contributed by atoms with van der Waals surface area (Å²) in [6.07, 6.45) is 3.31. The predicted molar refractivity (Wildman–Crippen MR) is 85.7 cm³/mol. The molecule has 1 aliphatic rings. The van der Waals surface area contributed by atoms with Gasteiger partial charge < -0.3 is 9.47 Å². The van der Waals surface area contributed by atoms with Gasteiger partial charge in [0.05, 0.1) is 0 Å². The third-order valence-corrected chi connectivity index (χ3v) is 3.93. The van der Waals surface area contributed by atoms with Gasteiger partial charge in [-0.15, -0.1) is 0 Å². The van der Waals surface area contributed by atoms with E-state index in [9.17, 15) is 4.79 Å². The van der Waals surface area contributed by atoms with Crippen LogP contribution < -0.4 is 9.47 Å². The molecule has 0 bridgehead atoms. The molecule has 0 aromatic heterocycles. The lowest BCUT2D eigenvalue weighted by Crippen LogP contribution is -2.03. The fourth-order valence-electron chi connectivity index (χ4n) is 2.78. The molecule has 2 aromatic rings. The van der Waals surface area contributed by atoms with Gasteiger partial charge in [0.15, 0.2) is 17.3 Å². The molecule has 22 heavy (non-hydrogen) atoms. The van der Waals surface area contributed by atoms with Crippen LogP contribution in [0, 0.1) is 0 Å². The van der Waals surface area contributed by atoms with E-state index in [1.165, 1.54) is 11.1 Å². The largest absolute Gasteiger partial charge is 0.454 e. The molecule has 0 spiro atoms. The molecule has 2 aromatic carbocycles. The van der Waals surface area contributed by atoms with Crippen molar-refractivity contribution in [3.05, 3.63) is 59.2 Å². The third kappa shape index (κ3) is 3.14. The van der Waals surface area contributed by atoms with Crippen molar-refractivity contribution in [1.29, 1.82) is 0 Å². The van der Waals surface area contributed by atoms with E-state index < -0.39 is 0 Å². The predicted octanol–water partition coefficient (Wildman–Crippen LogP) is 4.18. The van der Waals surface area contributed by atoms with Gasteiger partial charge in [0.25, 0.3) is 0 Å². The van der Waals surface area contributed by atoms with Gasteiger partial charge in [-0.25, -0.2) is 0 Å². The molecule has 0 saturated carbocycles. The Morgan fingerprint density at radius 2 is 1.64 bits per heavy atom. The lowest BCUT2D eigenvalue weighted by atomic mass is 9.96. The average Bonchev–Trinajstić information content (AvgIpc) is 3.00. The van der Waals surface area contributed by atoms with Crippen molar-refractivity contribution >= 4 is 5.78 Å². The molecule has 0 amide bonds. The number of ether oxygens (including phenoxy) is 2. The van der Waals surface area contributed by atoms with Crippen molar-refractivity contribution in [3.8, 4) is 11.5 Å². The monoisotopic (exact) mass is 296 g/mol. The highest BCUT2D eigenvalue weighted by atomic mass is 16.7. The zero-order chi connectivity index (χ0) is 15.4. The van der Waals surface area contributed by atoms with Crippen LogP contribution in [0.4, 0.5) is 0 Å². The molecular weight excluding hydrogens is 276 g/mol. The lowest BCUT2D eigenvalue weighted by Gasteiger charge is -2.10. The molecule has 0 N–H and O–H groups in total. The molecule has 3 nitrogen and oxygen atoms in total. The second kappa shape index (κ2) is 6.65. The summed E-state index contributed by atoms with van der Waals surface area (Å²) < 4.78 is 10.9. The Kier molecular flexibility index (Phi) is 4.42. The molecule has 0 unspecified atom stereocenters. The number of Topliss-reactive ketones (excluding diaryl/α,β-unsaturated/α-hetero) is 1. The summed E-state index contributed by atoms with van der Waals surface area (Å²) in [6, 6.07) is 13.6. The molecule has 0 atom stereocenters. The lowest BCUT2D eigenvalue weighted by molar-refractivity contribution is 0.0982. The van der Waals surface area contributed by atoms with E-state index in [1.807, 2.05) is 36.4 Å². The van der Waals surface area contributed by atoms with E-state index in [1.54, 1.807) is 0 Å². The Morgan fingerprint density at radius 1 is 1.00 bits per heavy atom.